The second-order valence-corrected chi connectivity index (χ2v) is 5.01. The molecular weight excluding hydrogens is 260 g/mol. The molecule has 0 bridgehead atoms. The predicted octanol–water partition coefficient (Wildman–Crippen LogP) is 3.87. The summed E-state index contributed by atoms with van der Waals surface area (Å²) < 4.78 is 0. The lowest BCUT2D eigenvalue weighted by Crippen LogP contribution is -2.16. The van der Waals surface area contributed by atoms with Gasteiger partial charge in [-0.05, 0) is 43.5 Å². The van der Waals surface area contributed by atoms with E-state index in [1.807, 2.05) is 12.1 Å². The first-order valence-corrected chi connectivity index (χ1v) is 6.67. The normalized spacial score (nSPS) is 12.1. The van der Waals surface area contributed by atoms with Gasteiger partial charge in [0.15, 0.2) is 0 Å². The zero-order valence-electron chi connectivity index (χ0n) is 10.8. The summed E-state index contributed by atoms with van der Waals surface area (Å²) in [5, 5.41) is 13.3. The van der Waals surface area contributed by atoms with Crippen LogP contribution in [0.1, 0.15) is 18.9 Å². The van der Waals surface area contributed by atoms with E-state index in [0.717, 1.165) is 18.5 Å². The molecule has 0 aliphatic heterocycles. The van der Waals surface area contributed by atoms with E-state index in [-0.39, 0.29) is 0 Å². The molecule has 3 nitrogen and oxygen atoms in total. The number of pyridine rings is 1. The van der Waals surface area contributed by atoms with E-state index in [1.54, 1.807) is 30.6 Å². The van der Waals surface area contributed by atoms with E-state index in [9.17, 15) is 5.11 Å². The van der Waals surface area contributed by atoms with Crippen LogP contribution in [0.25, 0.3) is 0 Å². The molecule has 0 aliphatic carbocycles. The summed E-state index contributed by atoms with van der Waals surface area (Å²) in [6.07, 6.45) is 5.34. The van der Waals surface area contributed by atoms with Crippen LogP contribution in [0.5, 0.6) is 5.75 Å². The fraction of sp³-hybridized carbons (Fsp3) is 0.267. The van der Waals surface area contributed by atoms with Gasteiger partial charge < -0.3 is 10.4 Å². The van der Waals surface area contributed by atoms with Crippen LogP contribution in [0.15, 0.2) is 42.7 Å². The van der Waals surface area contributed by atoms with Crippen LogP contribution >= 0.6 is 11.6 Å². The molecule has 0 aliphatic rings. The number of aromatic hydroxyl groups is 1. The van der Waals surface area contributed by atoms with Crippen LogP contribution in [-0.4, -0.2) is 16.1 Å². The van der Waals surface area contributed by atoms with Gasteiger partial charge in [0.2, 0.25) is 0 Å². The molecule has 19 heavy (non-hydrogen) atoms. The third-order valence-electron chi connectivity index (χ3n) is 2.97. The summed E-state index contributed by atoms with van der Waals surface area (Å²) >= 11 is 6.07. The Morgan fingerprint density at radius 1 is 1.26 bits per heavy atom. The van der Waals surface area contributed by atoms with Crippen LogP contribution in [-0.2, 0) is 6.42 Å². The Balaban J connectivity index is 1.86. The molecule has 1 heterocycles. The summed E-state index contributed by atoms with van der Waals surface area (Å²) in [6.45, 7) is 2.11. The molecular formula is C15H17ClN2O. The first-order valence-electron chi connectivity index (χ1n) is 6.29. The summed E-state index contributed by atoms with van der Waals surface area (Å²) in [4.78, 5) is 4.05. The number of anilines is 1. The molecule has 1 aromatic heterocycles. The number of rotatable bonds is 5. The molecule has 0 radical (unpaired) electrons. The molecule has 100 valence electrons. The van der Waals surface area contributed by atoms with Crippen molar-refractivity contribution in [1.29, 1.82) is 0 Å². The van der Waals surface area contributed by atoms with Gasteiger partial charge in [0.25, 0.3) is 0 Å². The topological polar surface area (TPSA) is 45.1 Å². The number of nitrogens with one attached hydrogen (secondary N) is 1. The average molecular weight is 277 g/mol. The molecule has 4 heteroatoms. The summed E-state index contributed by atoms with van der Waals surface area (Å²) in [5.41, 5.74) is 2.08. The fourth-order valence-electron chi connectivity index (χ4n) is 1.87. The highest BCUT2D eigenvalue weighted by atomic mass is 35.5. The molecule has 2 rings (SSSR count). The Hall–Kier alpha value is -1.74. The zero-order chi connectivity index (χ0) is 13.7. The lowest BCUT2D eigenvalue weighted by molar-refractivity contribution is 0.475. The predicted molar refractivity (Wildman–Crippen MR) is 78.8 cm³/mol. The number of aryl methyl sites for hydroxylation is 1. The van der Waals surface area contributed by atoms with Crippen molar-refractivity contribution in [2.45, 2.75) is 25.8 Å². The first kappa shape index (κ1) is 13.7. The first-order chi connectivity index (χ1) is 9.15. The number of halogens is 1. The number of benzene rings is 1. The van der Waals surface area contributed by atoms with Crippen molar-refractivity contribution in [2.24, 2.45) is 0 Å². The van der Waals surface area contributed by atoms with Crippen LogP contribution in [0.3, 0.4) is 0 Å². The van der Waals surface area contributed by atoms with Crippen LogP contribution in [0, 0.1) is 0 Å². The quantitative estimate of drug-likeness (QED) is 0.871. The van der Waals surface area contributed by atoms with Gasteiger partial charge in [0, 0.05) is 12.2 Å². The van der Waals surface area contributed by atoms with Crippen molar-refractivity contribution in [3.63, 3.8) is 0 Å². The number of hydrogen-bond acceptors (Lipinski definition) is 3. The Bertz CT molecular complexity index is 528. The average Bonchev–Trinajstić information content (AvgIpc) is 2.41. The highest BCUT2D eigenvalue weighted by molar-refractivity contribution is 6.33. The minimum Gasteiger partial charge on any atom is -0.508 e. The van der Waals surface area contributed by atoms with Gasteiger partial charge in [-0.25, -0.2) is 0 Å². The SMILES string of the molecule is CC(CCc1ccc(O)cc1)Nc1cnccc1Cl. The van der Waals surface area contributed by atoms with Crippen molar-refractivity contribution in [2.75, 3.05) is 5.32 Å². The number of phenols is 1. The van der Waals surface area contributed by atoms with Crippen LogP contribution < -0.4 is 5.32 Å². The lowest BCUT2D eigenvalue weighted by Gasteiger charge is -2.15. The Kier molecular flexibility index (Phi) is 4.63. The van der Waals surface area contributed by atoms with Crippen LogP contribution in [0.4, 0.5) is 5.69 Å². The molecule has 2 aromatic rings. The molecule has 1 atom stereocenters. The number of aromatic nitrogens is 1. The van der Waals surface area contributed by atoms with E-state index in [4.69, 9.17) is 11.6 Å². The monoisotopic (exact) mass is 276 g/mol. The van der Waals surface area contributed by atoms with Gasteiger partial charge in [0.1, 0.15) is 5.75 Å². The largest absolute Gasteiger partial charge is 0.508 e. The maximum Gasteiger partial charge on any atom is 0.115 e. The maximum atomic E-state index is 9.23. The number of nitrogens with zero attached hydrogens (tertiary/aromatic N) is 1. The molecule has 0 saturated carbocycles. The number of hydrogen-bond donors (Lipinski definition) is 2. The highest BCUT2D eigenvalue weighted by Crippen LogP contribution is 2.21. The summed E-state index contributed by atoms with van der Waals surface area (Å²) in [7, 11) is 0. The summed E-state index contributed by atoms with van der Waals surface area (Å²) in [5.74, 6) is 0.303. The molecule has 0 amide bonds. The standard InChI is InChI=1S/C15H17ClN2O/c1-11(18-15-10-17-9-8-14(15)16)2-3-12-4-6-13(19)7-5-12/h4-11,18-19H,2-3H2,1H3. The van der Waals surface area contributed by atoms with Crippen LogP contribution in [0.2, 0.25) is 5.02 Å². The third-order valence-corrected chi connectivity index (χ3v) is 3.30. The fourth-order valence-corrected chi connectivity index (χ4v) is 2.03. The number of phenolic OH excluding ortho intramolecular Hbond substituents is 1. The smallest absolute Gasteiger partial charge is 0.115 e. The van der Waals surface area contributed by atoms with Crippen molar-refractivity contribution in [3.8, 4) is 5.75 Å². The Labute approximate surface area is 118 Å². The van der Waals surface area contributed by atoms with E-state index in [2.05, 4.69) is 17.2 Å². The van der Waals surface area contributed by atoms with Gasteiger partial charge in [-0.1, -0.05) is 23.7 Å². The lowest BCUT2D eigenvalue weighted by atomic mass is 10.1. The van der Waals surface area contributed by atoms with Gasteiger partial charge in [-0.2, -0.15) is 0 Å². The highest BCUT2D eigenvalue weighted by Gasteiger charge is 2.05. The van der Waals surface area contributed by atoms with Gasteiger partial charge >= 0.3 is 0 Å². The minimum absolute atomic E-state index is 0.301. The molecule has 1 aromatic carbocycles. The Morgan fingerprint density at radius 3 is 2.68 bits per heavy atom. The van der Waals surface area contributed by atoms with Gasteiger partial charge in [-0.15, -0.1) is 0 Å². The summed E-state index contributed by atoms with van der Waals surface area (Å²) in [6, 6.07) is 9.39. The second kappa shape index (κ2) is 6.43. The second-order valence-electron chi connectivity index (χ2n) is 4.61. The molecule has 2 N–H and O–H groups in total. The van der Waals surface area contributed by atoms with Crippen molar-refractivity contribution >= 4 is 17.3 Å². The van der Waals surface area contributed by atoms with Crippen molar-refractivity contribution in [1.82, 2.24) is 4.98 Å². The molecule has 0 fully saturated rings. The molecule has 1 unspecified atom stereocenters. The van der Waals surface area contributed by atoms with E-state index in [1.165, 1.54) is 5.56 Å². The molecule has 0 saturated heterocycles. The zero-order valence-corrected chi connectivity index (χ0v) is 11.6. The van der Waals surface area contributed by atoms with E-state index in [0.29, 0.717) is 16.8 Å². The minimum atomic E-state index is 0.301. The van der Waals surface area contributed by atoms with E-state index < -0.39 is 0 Å². The van der Waals surface area contributed by atoms with Crippen molar-refractivity contribution in [3.05, 3.63) is 53.3 Å². The Morgan fingerprint density at radius 2 is 2.00 bits per heavy atom. The maximum absolute atomic E-state index is 9.23. The van der Waals surface area contributed by atoms with Gasteiger partial charge in [-0.3, -0.25) is 4.98 Å². The molecule has 0 spiro atoms. The van der Waals surface area contributed by atoms with E-state index >= 15 is 0 Å². The third kappa shape index (κ3) is 4.14. The van der Waals surface area contributed by atoms with Crippen molar-refractivity contribution < 1.29 is 5.11 Å². The van der Waals surface area contributed by atoms with Gasteiger partial charge in [0.05, 0.1) is 16.9 Å².